The zero-order valence-corrected chi connectivity index (χ0v) is 19.3. The van der Waals surface area contributed by atoms with Crippen molar-refractivity contribution in [2.75, 3.05) is 26.1 Å². The summed E-state index contributed by atoms with van der Waals surface area (Å²) in [5, 5.41) is 7.14. The lowest BCUT2D eigenvalue weighted by Crippen LogP contribution is -2.38. The minimum atomic E-state index is -4.54. The van der Waals surface area contributed by atoms with Crippen molar-refractivity contribution in [1.82, 2.24) is 14.7 Å². The van der Waals surface area contributed by atoms with E-state index >= 15 is 0 Å². The van der Waals surface area contributed by atoms with Gasteiger partial charge in [0.1, 0.15) is 11.4 Å². The Morgan fingerprint density at radius 1 is 1.09 bits per heavy atom. The smallest absolute Gasteiger partial charge is 0.410 e. The molecule has 0 saturated heterocycles. The van der Waals surface area contributed by atoms with Crippen LogP contribution in [0.25, 0.3) is 0 Å². The SMILES string of the molecule is COc1ccc([C@@H]2C[C@H](C(F)(F)F)n3ncc(C(=O)N4CCc5ccccc5C4)c3N2)cc1OC. The van der Waals surface area contributed by atoms with Gasteiger partial charge in [-0.15, -0.1) is 0 Å². The lowest BCUT2D eigenvalue weighted by atomic mass is 9.96. The highest BCUT2D eigenvalue weighted by molar-refractivity contribution is 5.99. The highest BCUT2D eigenvalue weighted by atomic mass is 19.4. The topological polar surface area (TPSA) is 68.6 Å². The summed E-state index contributed by atoms with van der Waals surface area (Å²) in [5.74, 6) is 0.618. The van der Waals surface area contributed by atoms with Crippen molar-refractivity contribution in [2.45, 2.75) is 37.6 Å². The first-order chi connectivity index (χ1) is 16.8. The van der Waals surface area contributed by atoms with E-state index in [9.17, 15) is 18.0 Å². The van der Waals surface area contributed by atoms with Crippen LogP contribution in [-0.4, -0.2) is 47.5 Å². The Hall–Kier alpha value is -3.69. The van der Waals surface area contributed by atoms with Gasteiger partial charge in [0.05, 0.1) is 26.5 Å². The van der Waals surface area contributed by atoms with Crippen LogP contribution in [0.2, 0.25) is 0 Å². The zero-order chi connectivity index (χ0) is 24.7. The number of nitrogens with one attached hydrogen (secondary N) is 1. The fraction of sp³-hybridized carbons (Fsp3) is 0.360. The maximum absolute atomic E-state index is 14.1. The second kappa shape index (κ2) is 8.83. The number of methoxy groups -OCH3 is 2. The Labute approximate surface area is 200 Å². The molecular formula is C25H25F3N4O3. The van der Waals surface area contributed by atoms with Crippen LogP contribution in [0.5, 0.6) is 11.5 Å². The summed E-state index contributed by atoms with van der Waals surface area (Å²) in [6.45, 7) is 0.893. The van der Waals surface area contributed by atoms with Crippen molar-refractivity contribution in [3.63, 3.8) is 0 Å². The Balaban J connectivity index is 1.49. The zero-order valence-electron chi connectivity index (χ0n) is 19.3. The molecule has 184 valence electrons. The second-order valence-electron chi connectivity index (χ2n) is 8.70. The molecule has 0 spiro atoms. The fourth-order valence-electron chi connectivity index (χ4n) is 4.85. The molecule has 35 heavy (non-hydrogen) atoms. The van der Waals surface area contributed by atoms with E-state index in [4.69, 9.17) is 9.47 Å². The number of halogens is 3. The van der Waals surface area contributed by atoms with Gasteiger partial charge in [-0.1, -0.05) is 30.3 Å². The van der Waals surface area contributed by atoms with Gasteiger partial charge >= 0.3 is 6.18 Å². The number of aromatic nitrogens is 2. The Morgan fingerprint density at radius 2 is 1.83 bits per heavy atom. The van der Waals surface area contributed by atoms with Crippen LogP contribution in [-0.2, 0) is 13.0 Å². The summed E-state index contributed by atoms with van der Waals surface area (Å²) in [6, 6.07) is 10.3. The van der Waals surface area contributed by atoms with Gasteiger partial charge in [-0.2, -0.15) is 18.3 Å². The first-order valence-electron chi connectivity index (χ1n) is 11.3. The first kappa shape index (κ1) is 23.1. The van der Waals surface area contributed by atoms with Crippen LogP contribution in [0.3, 0.4) is 0 Å². The predicted octanol–water partition coefficient (Wildman–Crippen LogP) is 4.76. The average Bonchev–Trinajstić information content (AvgIpc) is 3.30. The summed E-state index contributed by atoms with van der Waals surface area (Å²) in [5.41, 5.74) is 2.94. The molecule has 2 aliphatic rings. The van der Waals surface area contributed by atoms with Gasteiger partial charge in [0, 0.05) is 19.5 Å². The summed E-state index contributed by atoms with van der Waals surface area (Å²) < 4.78 is 53.7. The van der Waals surface area contributed by atoms with Gasteiger partial charge < -0.3 is 19.7 Å². The third kappa shape index (κ3) is 4.17. The maximum atomic E-state index is 14.1. The number of alkyl halides is 3. The highest BCUT2D eigenvalue weighted by Gasteiger charge is 2.47. The molecule has 0 saturated carbocycles. The van der Waals surface area contributed by atoms with Gasteiger partial charge in [0.2, 0.25) is 0 Å². The summed E-state index contributed by atoms with van der Waals surface area (Å²) >= 11 is 0. The largest absolute Gasteiger partial charge is 0.493 e. The molecule has 0 unspecified atom stereocenters. The van der Waals surface area contributed by atoms with Crippen molar-refractivity contribution in [2.24, 2.45) is 0 Å². The minimum absolute atomic E-state index is 0.0715. The van der Waals surface area contributed by atoms with Gasteiger partial charge in [-0.25, -0.2) is 4.68 Å². The van der Waals surface area contributed by atoms with E-state index in [1.54, 1.807) is 23.1 Å². The third-order valence-corrected chi connectivity index (χ3v) is 6.70. The molecule has 10 heteroatoms. The summed E-state index contributed by atoms with van der Waals surface area (Å²) in [7, 11) is 2.96. The van der Waals surface area contributed by atoms with Crippen LogP contribution in [0.4, 0.5) is 19.0 Å². The van der Waals surface area contributed by atoms with Crippen LogP contribution in [0, 0.1) is 0 Å². The van der Waals surface area contributed by atoms with Crippen LogP contribution < -0.4 is 14.8 Å². The molecule has 0 fully saturated rings. The van der Waals surface area contributed by atoms with Crippen molar-refractivity contribution < 1.29 is 27.4 Å². The third-order valence-electron chi connectivity index (χ3n) is 6.70. The quantitative estimate of drug-likeness (QED) is 0.576. The number of hydrogen-bond donors (Lipinski definition) is 1. The minimum Gasteiger partial charge on any atom is -0.493 e. The molecule has 5 rings (SSSR count). The number of rotatable bonds is 4. The highest BCUT2D eigenvalue weighted by Crippen LogP contribution is 2.45. The van der Waals surface area contributed by atoms with Gasteiger partial charge in [0.15, 0.2) is 17.5 Å². The van der Waals surface area contributed by atoms with E-state index in [2.05, 4.69) is 10.4 Å². The number of nitrogens with zero attached hydrogens (tertiary/aromatic N) is 3. The molecule has 0 radical (unpaired) electrons. The molecule has 2 aliphatic heterocycles. The van der Waals surface area contributed by atoms with Crippen LogP contribution in [0.1, 0.15) is 45.6 Å². The van der Waals surface area contributed by atoms with E-state index < -0.39 is 18.3 Å². The van der Waals surface area contributed by atoms with Crippen molar-refractivity contribution in [3.05, 3.63) is 70.9 Å². The van der Waals surface area contributed by atoms with Gasteiger partial charge in [0.25, 0.3) is 5.91 Å². The number of ether oxygens (including phenoxy) is 2. The van der Waals surface area contributed by atoms with Crippen molar-refractivity contribution >= 4 is 11.7 Å². The molecule has 7 nitrogen and oxygen atoms in total. The molecule has 1 aromatic heterocycles. The number of benzene rings is 2. The molecule has 1 amide bonds. The molecule has 0 aliphatic carbocycles. The van der Waals surface area contributed by atoms with Crippen molar-refractivity contribution in [1.29, 1.82) is 0 Å². The molecule has 3 aromatic rings. The molecule has 2 aromatic carbocycles. The monoisotopic (exact) mass is 486 g/mol. The maximum Gasteiger partial charge on any atom is 0.410 e. The van der Waals surface area contributed by atoms with E-state index in [-0.39, 0.29) is 23.7 Å². The lowest BCUT2D eigenvalue weighted by Gasteiger charge is -2.35. The standard InChI is InChI=1S/C25H25F3N4O3/c1-34-20-8-7-16(11-21(20)35-2)19-12-22(25(26,27)28)32-23(30-19)18(13-29-32)24(33)31-10-9-15-5-3-4-6-17(15)14-31/h3-8,11,13,19,22,30H,9-10,12,14H2,1-2H3/t19-,22+/m0/s1. The molecule has 3 heterocycles. The molecular weight excluding hydrogens is 461 g/mol. The number of hydrogen-bond acceptors (Lipinski definition) is 5. The number of carbonyl (C=O) groups excluding carboxylic acids is 1. The molecule has 0 bridgehead atoms. The van der Waals surface area contributed by atoms with E-state index in [1.807, 2.05) is 24.3 Å². The van der Waals surface area contributed by atoms with Crippen LogP contribution in [0.15, 0.2) is 48.7 Å². The van der Waals surface area contributed by atoms with Gasteiger partial charge in [-0.3, -0.25) is 4.79 Å². The molecule has 2 atom stereocenters. The van der Waals surface area contributed by atoms with Gasteiger partial charge in [-0.05, 0) is 35.2 Å². The Kier molecular flexibility index (Phi) is 5.82. The van der Waals surface area contributed by atoms with E-state index in [0.29, 0.717) is 36.6 Å². The van der Waals surface area contributed by atoms with E-state index in [0.717, 1.165) is 10.2 Å². The summed E-state index contributed by atoms with van der Waals surface area (Å²) in [6.07, 6.45) is -2.89. The first-order valence-corrected chi connectivity index (χ1v) is 11.3. The number of anilines is 1. The second-order valence-corrected chi connectivity index (χ2v) is 8.70. The Bertz CT molecular complexity index is 1260. The Morgan fingerprint density at radius 3 is 2.54 bits per heavy atom. The van der Waals surface area contributed by atoms with E-state index in [1.165, 1.54) is 26.0 Å². The molecule has 1 N–H and O–H groups in total. The van der Waals surface area contributed by atoms with Crippen molar-refractivity contribution in [3.8, 4) is 11.5 Å². The number of fused-ring (bicyclic) bond motifs is 2. The normalized spacial score (nSPS) is 19.4. The predicted molar refractivity (Wildman–Crippen MR) is 123 cm³/mol. The van der Waals surface area contributed by atoms with Crippen LogP contribution >= 0.6 is 0 Å². The number of amides is 1. The number of carbonyl (C=O) groups is 1. The fourth-order valence-corrected chi connectivity index (χ4v) is 4.85. The summed E-state index contributed by atoms with van der Waals surface area (Å²) in [4.78, 5) is 15.1. The average molecular weight is 486 g/mol. The lowest BCUT2D eigenvalue weighted by molar-refractivity contribution is -0.173.